The van der Waals surface area contributed by atoms with E-state index in [1.165, 1.54) is 38.6 Å². The lowest BCUT2D eigenvalue weighted by atomic mass is 9.79. The number of hydrogen-bond donors (Lipinski definition) is 0. The molecule has 3 aromatic rings. The number of benzene rings is 3. The number of fused-ring (bicyclic) bond motifs is 1. The fourth-order valence-corrected chi connectivity index (χ4v) is 3.98. The van der Waals surface area contributed by atoms with Gasteiger partial charge in [-0.15, -0.1) is 0 Å². The van der Waals surface area contributed by atoms with E-state index >= 15 is 0 Å². The van der Waals surface area contributed by atoms with Gasteiger partial charge in [0.05, 0.1) is 6.72 Å². The van der Waals surface area contributed by atoms with Gasteiger partial charge in [0, 0.05) is 0 Å². The maximum absolute atomic E-state index is 4.26. The highest BCUT2D eigenvalue weighted by Crippen LogP contribution is 2.38. The molecule has 1 heteroatoms. The molecule has 0 amide bonds. The Morgan fingerprint density at radius 2 is 1.54 bits per heavy atom. The van der Waals surface area contributed by atoms with Crippen LogP contribution in [0.3, 0.4) is 0 Å². The van der Waals surface area contributed by atoms with Gasteiger partial charge in [0.1, 0.15) is 12.2 Å². The molecule has 0 unspecified atom stereocenters. The maximum atomic E-state index is 4.26. The zero-order valence-corrected chi connectivity index (χ0v) is 17.2. The van der Waals surface area contributed by atoms with Crippen LogP contribution < -0.4 is 0 Å². The van der Waals surface area contributed by atoms with Crippen LogP contribution in [0.2, 0.25) is 0 Å². The second kappa shape index (κ2) is 6.83. The molecule has 0 radical (unpaired) electrons. The minimum atomic E-state index is 0.0606. The molecule has 0 spiro atoms. The van der Waals surface area contributed by atoms with Gasteiger partial charge in [0.25, 0.3) is 0 Å². The molecule has 1 heterocycles. The Morgan fingerprint density at radius 1 is 0.893 bits per heavy atom. The van der Waals surface area contributed by atoms with Gasteiger partial charge in [-0.1, -0.05) is 105 Å². The van der Waals surface area contributed by atoms with Gasteiger partial charge in [-0.05, 0) is 39.5 Å². The van der Waals surface area contributed by atoms with Crippen LogP contribution in [-0.4, -0.2) is 11.3 Å². The fourth-order valence-electron chi connectivity index (χ4n) is 3.98. The Morgan fingerprint density at radius 3 is 2.21 bits per heavy atom. The molecule has 0 bridgehead atoms. The third kappa shape index (κ3) is 3.18. The van der Waals surface area contributed by atoms with Gasteiger partial charge in [0.2, 0.25) is 0 Å². The van der Waals surface area contributed by atoms with Crippen molar-refractivity contribution < 1.29 is 4.58 Å². The zero-order valence-electron chi connectivity index (χ0n) is 17.2. The van der Waals surface area contributed by atoms with E-state index < -0.39 is 0 Å². The molecule has 140 valence electrons. The quantitative estimate of drug-likeness (QED) is 0.353. The largest absolute Gasteiger partial charge is 0.255 e. The summed E-state index contributed by atoms with van der Waals surface area (Å²) in [5.41, 5.74) is 6.40. The molecule has 1 nitrogen and oxygen atoms in total. The molecule has 1 aliphatic heterocycles. The summed E-state index contributed by atoms with van der Waals surface area (Å²) in [6.45, 7) is 13.3. The van der Waals surface area contributed by atoms with Crippen LogP contribution in [0.25, 0.3) is 16.3 Å². The topological polar surface area (TPSA) is 3.01 Å². The summed E-state index contributed by atoms with van der Waals surface area (Å²) in [7, 11) is 0. The first-order valence-electron chi connectivity index (χ1n) is 9.81. The normalized spacial score (nSPS) is 14.5. The van der Waals surface area contributed by atoms with Gasteiger partial charge >= 0.3 is 0 Å². The summed E-state index contributed by atoms with van der Waals surface area (Å²) >= 11 is 0. The summed E-state index contributed by atoms with van der Waals surface area (Å²) in [6, 6.07) is 22.8. The monoisotopic (exact) mass is 365 g/mol. The second-order valence-electron chi connectivity index (χ2n) is 8.53. The first kappa shape index (κ1) is 18.3. The molecular formula is C27H27N. The van der Waals surface area contributed by atoms with Crippen LogP contribution in [0, 0.1) is 13.0 Å². The Labute approximate surface area is 168 Å². The van der Waals surface area contributed by atoms with E-state index in [0.717, 1.165) is 6.04 Å². The predicted molar refractivity (Wildman–Crippen MR) is 121 cm³/mol. The van der Waals surface area contributed by atoms with Crippen LogP contribution in [0.5, 0.6) is 0 Å². The zero-order chi connectivity index (χ0) is 19.9. The fraction of sp³-hybridized carbons (Fsp3) is 0.185. The van der Waals surface area contributed by atoms with Crippen molar-refractivity contribution in [2.24, 2.45) is 0 Å². The smallest absolute Gasteiger partial charge is 0.147 e. The summed E-state index contributed by atoms with van der Waals surface area (Å²) in [5.74, 6) is 0. The van der Waals surface area contributed by atoms with E-state index in [0.29, 0.717) is 0 Å². The second-order valence-corrected chi connectivity index (χ2v) is 8.53. The Balaban J connectivity index is 1.93. The number of hydrogen-bond acceptors (Lipinski definition) is 0. The first-order valence-corrected chi connectivity index (χ1v) is 9.81. The van der Waals surface area contributed by atoms with Crippen molar-refractivity contribution in [2.75, 3.05) is 0 Å². The number of aryl methyl sites for hydroxylation is 1. The molecule has 1 aliphatic rings. The molecule has 0 atom stereocenters. The van der Waals surface area contributed by atoms with Crippen molar-refractivity contribution in [2.45, 2.75) is 33.1 Å². The minimum absolute atomic E-state index is 0.0606. The number of allylic oxidation sites excluding steroid dienone is 2. The molecule has 4 rings (SSSR count). The lowest BCUT2D eigenvalue weighted by Crippen LogP contribution is -2.18. The van der Waals surface area contributed by atoms with Crippen molar-refractivity contribution in [3.8, 4) is 0 Å². The average Bonchev–Trinajstić information content (AvgIpc) is 2.69. The highest BCUT2D eigenvalue weighted by Gasteiger charge is 2.24. The van der Waals surface area contributed by atoms with Crippen LogP contribution in [0.15, 0.2) is 79.0 Å². The van der Waals surface area contributed by atoms with Crippen molar-refractivity contribution in [3.05, 3.63) is 107 Å². The molecule has 3 aromatic carbocycles. The van der Waals surface area contributed by atoms with Gasteiger partial charge in [0.15, 0.2) is 0 Å². The van der Waals surface area contributed by atoms with Crippen LogP contribution in [0.4, 0.5) is 0 Å². The maximum Gasteiger partial charge on any atom is 0.147 e. The molecule has 0 fully saturated rings. The van der Waals surface area contributed by atoms with Crippen LogP contribution in [-0.2, 0) is 5.41 Å². The first-order chi connectivity index (χ1) is 13.4. The Bertz CT molecular complexity index is 1110. The van der Waals surface area contributed by atoms with Gasteiger partial charge < -0.3 is 0 Å². The summed E-state index contributed by atoms with van der Waals surface area (Å²) < 4.78 is 1.98. The molecule has 0 aromatic heterocycles. The van der Waals surface area contributed by atoms with E-state index in [4.69, 9.17) is 0 Å². The molecule has 0 N–H and O–H groups in total. The van der Waals surface area contributed by atoms with E-state index in [1.54, 1.807) is 0 Å². The van der Waals surface area contributed by atoms with Crippen LogP contribution >= 0.6 is 0 Å². The Hall–Kier alpha value is -3.06. The van der Waals surface area contributed by atoms with Crippen molar-refractivity contribution in [1.82, 2.24) is 0 Å². The number of nitrogens with zero attached hydrogens (tertiary/aromatic N) is 1. The summed E-state index contributed by atoms with van der Waals surface area (Å²) in [6.07, 6.45) is 6.45. The highest BCUT2D eigenvalue weighted by molar-refractivity contribution is 5.91. The third-order valence-electron chi connectivity index (χ3n) is 5.54. The molecule has 0 saturated carbocycles. The van der Waals surface area contributed by atoms with Gasteiger partial charge in [-0.3, -0.25) is 4.58 Å². The van der Waals surface area contributed by atoms with Crippen molar-refractivity contribution >= 4 is 23.1 Å². The van der Waals surface area contributed by atoms with Crippen molar-refractivity contribution in [1.29, 1.82) is 0 Å². The van der Waals surface area contributed by atoms with Gasteiger partial charge in [-0.25, -0.2) is 0 Å². The van der Waals surface area contributed by atoms with E-state index in [9.17, 15) is 0 Å². The van der Waals surface area contributed by atoms with Crippen LogP contribution in [0.1, 0.15) is 43.0 Å². The predicted octanol–water partition coefficient (Wildman–Crippen LogP) is 6.65. The SMILES string of the molecule is C=[N+]1C=CC(c2ccccc2)=C[C-]1c1cc(C(C)(C)C)c2ccccc2c1C. The standard InChI is InChI=1S/C27H27N/c1-19-22-13-9-10-14-23(22)25(27(2,3)4)18-24(19)26-17-21(15-16-28(26)5)20-11-7-6-8-12-20/h6-18H,5H2,1-4H3. The molecular weight excluding hydrogens is 338 g/mol. The summed E-state index contributed by atoms with van der Waals surface area (Å²) in [4.78, 5) is 0. The lowest BCUT2D eigenvalue weighted by molar-refractivity contribution is -0.417. The van der Waals surface area contributed by atoms with E-state index in [1.807, 2.05) is 4.58 Å². The van der Waals surface area contributed by atoms with E-state index in [2.05, 4.69) is 113 Å². The van der Waals surface area contributed by atoms with E-state index in [-0.39, 0.29) is 5.41 Å². The van der Waals surface area contributed by atoms with Gasteiger partial charge in [-0.2, -0.15) is 0 Å². The summed E-state index contributed by atoms with van der Waals surface area (Å²) in [5, 5.41) is 2.65. The third-order valence-corrected chi connectivity index (χ3v) is 5.54. The Kier molecular flexibility index (Phi) is 4.47. The van der Waals surface area contributed by atoms with Crippen molar-refractivity contribution in [3.63, 3.8) is 0 Å². The highest BCUT2D eigenvalue weighted by atomic mass is 15.0. The molecule has 0 aliphatic carbocycles. The minimum Gasteiger partial charge on any atom is -0.255 e. The molecule has 0 saturated heterocycles. The average molecular weight is 366 g/mol. The number of rotatable bonds is 2. The molecule has 28 heavy (non-hydrogen) atoms. The lowest BCUT2D eigenvalue weighted by Gasteiger charge is -2.29.